The molecule has 32 heteroatoms. The maximum atomic E-state index is 13.2. The Morgan fingerprint density at radius 1 is 0.500 bits per heavy atom. The fourth-order valence-electron chi connectivity index (χ4n) is 8.08. The van der Waals surface area contributed by atoms with Crippen molar-refractivity contribution in [2.75, 3.05) is 90.5 Å². The van der Waals surface area contributed by atoms with Crippen molar-refractivity contribution in [3.8, 4) is 11.8 Å². The molecular formula is C50H46F12N14O4S2. The number of anilines is 6. The lowest BCUT2D eigenvalue weighted by Crippen LogP contribution is -2.50. The van der Waals surface area contributed by atoms with E-state index in [0.29, 0.717) is 78.9 Å². The van der Waals surface area contributed by atoms with E-state index in [4.69, 9.17) is 9.47 Å². The van der Waals surface area contributed by atoms with Crippen LogP contribution < -0.4 is 40.5 Å². The number of aromatic nitrogens is 6. The largest absolute Gasteiger partial charge is 0.470 e. The second-order valence-corrected chi connectivity index (χ2v) is 19.0. The van der Waals surface area contributed by atoms with Crippen molar-refractivity contribution in [2.24, 2.45) is 0 Å². The predicted molar refractivity (Wildman–Crippen MR) is 279 cm³/mol. The number of hydrogen-bond donors (Lipinski definition) is 4. The van der Waals surface area contributed by atoms with Crippen molar-refractivity contribution in [2.45, 2.75) is 44.5 Å². The quantitative estimate of drug-likeness (QED) is 0.0752. The monoisotopic (exact) mass is 1200 g/mol. The molecule has 0 atom stereocenters. The van der Waals surface area contributed by atoms with Gasteiger partial charge in [0.25, 0.3) is 11.8 Å². The number of nitrogens with zero attached hydrogens (tertiary/aromatic N) is 10. The zero-order valence-electron chi connectivity index (χ0n) is 42.6. The smallest absolute Gasteiger partial charge is 0.416 e. The highest BCUT2D eigenvalue weighted by atomic mass is 32.1. The van der Waals surface area contributed by atoms with Crippen LogP contribution in [0.5, 0.6) is 11.8 Å². The molecule has 2 aliphatic heterocycles. The van der Waals surface area contributed by atoms with E-state index < -0.39 is 70.4 Å². The molecule has 0 saturated carbocycles. The van der Waals surface area contributed by atoms with Gasteiger partial charge in [-0.25, -0.2) is 19.6 Å². The maximum Gasteiger partial charge on any atom is 0.416 e. The molecule has 3 aromatic carbocycles. The van der Waals surface area contributed by atoms with Gasteiger partial charge in [0.15, 0.2) is 0 Å². The van der Waals surface area contributed by atoms with E-state index in [0.717, 1.165) is 40.1 Å². The number of rotatable bonds is 14. The summed E-state index contributed by atoms with van der Waals surface area (Å²) in [6, 6.07) is 17.4. The number of halogens is 12. The van der Waals surface area contributed by atoms with Gasteiger partial charge in [0.2, 0.25) is 11.6 Å². The summed E-state index contributed by atoms with van der Waals surface area (Å²) in [5.41, 5.74) is -4.44. The van der Waals surface area contributed by atoms with Crippen LogP contribution in [-0.2, 0) is 44.5 Å². The van der Waals surface area contributed by atoms with Gasteiger partial charge in [0.1, 0.15) is 24.8 Å². The minimum Gasteiger partial charge on any atom is -0.470 e. The lowest BCUT2D eigenvalue weighted by Gasteiger charge is -2.34. The number of alkyl halides is 12. The molecule has 18 nitrogen and oxygen atoms in total. The molecule has 0 radical (unpaired) electrons. The minimum absolute atomic E-state index is 0.00423. The molecule has 0 unspecified atom stereocenters. The Morgan fingerprint density at radius 2 is 0.890 bits per heavy atom. The third-order valence-corrected chi connectivity index (χ3v) is 13.3. The van der Waals surface area contributed by atoms with Gasteiger partial charge in [-0.05, 0) is 77.4 Å². The molecule has 2 saturated heterocycles. The molecule has 7 aromatic rings. The second-order valence-electron chi connectivity index (χ2n) is 17.9. The normalized spacial score (nSPS) is 14.2. The molecule has 82 heavy (non-hydrogen) atoms. The van der Waals surface area contributed by atoms with Crippen molar-refractivity contribution >= 4 is 70.2 Å². The summed E-state index contributed by atoms with van der Waals surface area (Å²) in [6.07, 6.45) is -16.8. The van der Waals surface area contributed by atoms with Crippen LogP contribution in [0.15, 0.2) is 103 Å². The first-order valence-electron chi connectivity index (χ1n) is 24.4. The molecule has 6 heterocycles. The van der Waals surface area contributed by atoms with Gasteiger partial charge in [-0.2, -0.15) is 61.4 Å². The van der Waals surface area contributed by atoms with Crippen LogP contribution in [0.4, 0.5) is 96.9 Å². The van der Waals surface area contributed by atoms with Gasteiger partial charge in [-0.15, -0.1) is 8.75 Å². The third-order valence-electron chi connectivity index (χ3n) is 12.3. The van der Waals surface area contributed by atoms with Crippen LogP contribution in [0.3, 0.4) is 0 Å². The second kappa shape index (κ2) is 25.6. The highest BCUT2D eigenvalue weighted by molar-refractivity contribution is 6.99. The molecule has 2 fully saturated rings. The van der Waals surface area contributed by atoms with Crippen LogP contribution in [0.25, 0.3) is 0 Å². The average molecular weight is 1200 g/mol. The Balaban J connectivity index is 0.000000217. The molecule has 9 rings (SSSR count). The summed E-state index contributed by atoms with van der Waals surface area (Å²) in [5, 5.41) is 10.5. The highest BCUT2D eigenvalue weighted by Crippen LogP contribution is 2.40. The predicted octanol–water partition coefficient (Wildman–Crippen LogP) is 11.5. The Kier molecular flexibility index (Phi) is 18.6. The zero-order chi connectivity index (χ0) is 58.8. The van der Waals surface area contributed by atoms with E-state index in [-0.39, 0.29) is 64.6 Å². The number of amides is 4. The number of carbonyl (C=O) groups excluding carboxylic acids is 2. The first kappa shape index (κ1) is 59.7. The van der Waals surface area contributed by atoms with Gasteiger partial charge in [0, 0.05) is 89.7 Å². The number of benzene rings is 3. The first-order chi connectivity index (χ1) is 38.9. The Morgan fingerprint density at radius 3 is 1.28 bits per heavy atom. The van der Waals surface area contributed by atoms with E-state index in [1.165, 1.54) is 9.80 Å². The van der Waals surface area contributed by atoms with Crippen molar-refractivity contribution in [3.63, 3.8) is 0 Å². The molecule has 0 aliphatic carbocycles. The number of piperazine rings is 2. The summed E-state index contributed by atoms with van der Waals surface area (Å²) >= 11 is 1.90. The first-order valence-corrected chi connectivity index (χ1v) is 25.8. The van der Waals surface area contributed by atoms with E-state index in [2.05, 4.69) is 48.7 Å². The van der Waals surface area contributed by atoms with Crippen LogP contribution in [0, 0.1) is 0 Å². The van der Waals surface area contributed by atoms with E-state index in [1.807, 2.05) is 58.3 Å². The molecule has 4 aromatic heterocycles. The van der Waals surface area contributed by atoms with Gasteiger partial charge >= 0.3 is 36.8 Å². The molecule has 0 spiro atoms. The van der Waals surface area contributed by atoms with Crippen molar-refractivity contribution in [1.29, 1.82) is 0 Å². The molecule has 0 bridgehead atoms. The van der Waals surface area contributed by atoms with Crippen LogP contribution in [0.1, 0.15) is 38.9 Å². The van der Waals surface area contributed by atoms with Gasteiger partial charge in [0.05, 0.1) is 45.7 Å². The molecule has 4 N–H and O–H groups in total. The van der Waals surface area contributed by atoms with E-state index >= 15 is 0 Å². The molecule has 2 aliphatic rings. The molecule has 4 amide bonds. The number of urea groups is 2. The summed E-state index contributed by atoms with van der Waals surface area (Å²) < 4.78 is 186. The molecular weight excluding hydrogens is 1150 g/mol. The SMILES string of the molecule is CNc1cc(COc2nsnc2N2CCN(C(=O)Nc3cc(C(F)(F)F)cc(C(F)(F)F)c3)CC2)ccn1.O=C(Nc1cc(C(F)(F)F)cc(C(F)(F)F)c1)N1CCN(c2nsnc2OCc2ccnc(NCc3ccccc3)c2)CC1. The lowest BCUT2D eigenvalue weighted by atomic mass is 10.1. The van der Waals surface area contributed by atoms with Crippen molar-refractivity contribution in [3.05, 3.63) is 142 Å². The zero-order valence-corrected chi connectivity index (χ0v) is 44.2. The van der Waals surface area contributed by atoms with Crippen molar-refractivity contribution in [1.82, 2.24) is 37.3 Å². The third kappa shape index (κ3) is 16.2. The standard InChI is InChI=1S/C28H25F6N7O2S.C22H21F6N7O2S/c29-27(30,31)20-13-21(28(32,33)34)15-22(14-20)37-26(42)41-10-8-40(9-11-41)24-25(39-44-38-24)43-17-19-6-7-35-23(12-19)36-16-18-4-2-1-3-5-18;1-29-17-8-13(2-3-30-17)12-37-19-18(32-38-33-19)34-4-6-35(7-5-34)20(36)31-16-10-14(21(23,24)25)9-15(11-16)22(26,27)28/h1-7,12-15H,8-11,16-17H2,(H,35,36)(H,37,42);2-3,8-11H,4-7,12H2,1H3,(H,29,30)(H,31,36). The van der Waals surface area contributed by atoms with Gasteiger partial charge in [-0.1, -0.05) is 30.3 Å². The van der Waals surface area contributed by atoms with Crippen molar-refractivity contribution < 1.29 is 71.7 Å². The number of pyridine rings is 2. The molecule has 436 valence electrons. The Bertz CT molecular complexity index is 3210. The fraction of sp³-hybridized carbons (Fsp3) is 0.320. The summed E-state index contributed by atoms with van der Waals surface area (Å²) in [7, 11) is 1.74. The number of ether oxygens (including phenoxy) is 2. The lowest BCUT2D eigenvalue weighted by molar-refractivity contribution is -0.144. The van der Waals surface area contributed by atoms with Gasteiger partial charge in [-0.3, -0.25) is 0 Å². The van der Waals surface area contributed by atoms with Crippen LogP contribution >= 0.6 is 23.5 Å². The Hall–Kier alpha value is -8.42. The topological polar surface area (TPSA) is 191 Å². The van der Waals surface area contributed by atoms with E-state index in [9.17, 15) is 62.3 Å². The maximum absolute atomic E-state index is 13.2. The summed E-state index contributed by atoms with van der Waals surface area (Å²) in [4.78, 5) is 40.1. The number of nitrogens with one attached hydrogen (secondary N) is 4. The number of carbonyl (C=O) groups is 2. The average Bonchev–Trinajstić information content (AvgIpc) is 4.27. The minimum atomic E-state index is -5.02. The van der Waals surface area contributed by atoms with Crippen LogP contribution in [-0.4, -0.2) is 109 Å². The summed E-state index contributed by atoms with van der Waals surface area (Å²) in [6.45, 7) is 2.74. The van der Waals surface area contributed by atoms with E-state index in [1.54, 1.807) is 25.5 Å². The summed E-state index contributed by atoms with van der Waals surface area (Å²) in [5.74, 6) is 2.91. The fourth-order valence-corrected chi connectivity index (χ4v) is 9.12. The van der Waals surface area contributed by atoms with Gasteiger partial charge < -0.3 is 50.3 Å². The highest BCUT2D eigenvalue weighted by Gasteiger charge is 2.39. The number of hydrogen-bond acceptors (Lipinski definition) is 16. The van der Waals surface area contributed by atoms with Crippen LogP contribution in [0.2, 0.25) is 0 Å². The Labute approximate surface area is 466 Å².